The van der Waals surface area contributed by atoms with E-state index < -0.39 is 0 Å². The standard InChI is InChI=1S/C19H28N2/c1-2-4-15(5-3-1)14-21-10-8-18(9-11-21)20-19-13-16-6-7-17(19)12-16/h1-5,16-20H,6-14H2. The van der Waals surface area contributed by atoms with E-state index in [1.165, 1.54) is 57.2 Å². The van der Waals surface area contributed by atoms with Crippen LogP contribution in [0.2, 0.25) is 0 Å². The van der Waals surface area contributed by atoms with Crippen LogP contribution in [0.4, 0.5) is 0 Å². The smallest absolute Gasteiger partial charge is 0.0233 e. The van der Waals surface area contributed by atoms with Crippen molar-refractivity contribution in [3.8, 4) is 0 Å². The third-order valence-corrected chi connectivity index (χ3v) is 6.02. The first kappa shape index (κ1) is 13.8. The first-order valence-corrected chi connectivity index (χ1v) is 8.89. The predicted octanol–water partition coefficient (Wildman–Crippen LogP) is 3.43. The van der Waals surface area contributed by atoms with E-state index in [0.717, 1.165) is 30.5 Å². The van der Waals surface area contributed by atoms with E-state index in [0.29, 0.717) is 0 Å². The molecule has 21 heavy (non-hydrogen) atoms. The summed E-state index contributed by atoms with van der Waals surface area (Å²) in [4.78, 5) is 2.62. The Morgan fingerprint density at radius 2 is 1.76 bits per heavy atom. The van der Waals surface area contributed by atoms with Crippen LogP contribution >= 0.6 is 0 Å². The second kappa shape index (κ2) is 6.10. The molecule has 2 saturated carbocycles. The van der Waals surface area contributed by atoms with Gasteiger partial charge in [-0.05, 0) is 62.6 Å². The summed E-state index contributed by atoms with van der Waals surface area (Å²) in [6.45, 7) is 3.64. The zero-order valence-electron chi connectivity index (χ0n) is 13.0. The van der Waals surface area contributed by atoms with Gasteiger partial charge in [0.15, 0.2) is 0 Å². The van der Waals surface area contributed by atoms with E-state index in [4.69, 9.17) is 0 Å². The van der Waals surface area contributed by atoms with E-state index in [1.54, 1.807) is 0 Å². The monoisotopic (exact) mass is 284 g/mol. The molecule has 0 amide bonds. The van der Waals surface area contributed by atoms with Crippen LogP contribution in [0.25, 0.3) is 0 Å². The summed E-state index contributed by atoms with van der Waals surface area (Å²) in [5.74, 6) is 2.07. The van der Waals surface area contributed by atoms with Crippen molar-refractivity contribution in [3.05, 3.63) is 35.9 Å². The maximum atomic E-state index is 4.01. The average molecular weight is 284 g/mol. The number of hydrogen-bond acceptors (Lipinski definition) is 2. The van der Waals surface area contributed by atoms with Gasteiger partial charge < -0.3 is 5.32 Å². The summed E-state index contributed by atoms with van der Waals surface area (Å²) in [6, 6.07) is 12.5. The highest BCUT2D eigenvalue weighted by Crippen LogP contribution is 2.44. The summed E-state index contributed by atoms with van der Waals surface area (Å²) in [5, 5.41) is 4.01. The molecule has 1 aliphatic heterocycles. The molecular weight excluding hydrogens is 256 g/mol. The van der Waals surface area contributed by atoms with Gasteiger partial charge in [-0.2, -0.15) is 0 Å². The lowest BCUT2D eigenvalue weighted by atomic mass is 9.93. The van der Waals surface area contributed by atoms with Crippen molar-refractivity contribution in [2.45, 2.75) is 57.2 Å². The molecule has 1 saturated heterocycles. The van der Waals surface area contributed by atoms with Gasteiger partial charge in [-0.15, -0.1) is 0 Å². The van der Waals surface area contributed by atoms with Crippen LogP contribution in [-0.2, 0) is 6.54 Å². The maximum absolute atomic E-state index is 4.01. The second-order valence-corrected chi connectivity index (χ2v) is 7.48. The molecule has 2 nitrogen and oxygen atoms in total. The molecule has 114 valence electrons. The van der Waals surface area contributed by atoms with Crippen LogP contribution in [0, 0.1) is 11.8 Å². The highest BCUT2D eigenvalue weighted by atomic mass is 15.1. The number of likely N-dealkylation sites (tertiary alicyclic amines) is 1. The Labute approximate surface area is 128 Å². The minimum Gasteiger partial charge on any atom is -0.311 e. The van der Waals surface area contributed by atoms with Crippen molar-refractivity contribution in [1.82, 2.24) is 10.2 Å². The number of fused-ring (bicyclic) bond motifs is 2. The lowest BCUT2D eigenvalue weighted by Crippen LogP contribution is -2.47. The van der Waals surface area contributed by atoms with Crippen LogP contribution in [0.5, 0.6) is 0 Å². The maximum Gasteiger partial charge on any atom is 0.0233 e. The van der Waals surface area contributed by atoms with Gasteiger partial charge in [0, 0.05) is 18.6 Å². The zero-order valence-corrected chi connectivity index (χ0v) is 13.0. The Morgan fingerprint density at radius 1 is 0.952 bits per heavy atom. The predicted molar refractivity (Wildman–Crippen MR) is 87.1 cm³/mol. The fourth-order valence-corrected chi connectivity index (χ4v) is 4.85. The van der Waals surface area contributed by atoms with Gasteiger partial charge >= 0.3 is 0 Å². The molecule has 0 radical (unpaired) electrons. The first-order chi connectivity index (χ1) is 10.4. The minimum absolute atomic E-state index is 0.779. The highest BCUT2D eigenvalue weighted by molar-refractivity contribution is 5.14. The average Bonchev–Trinajstić information content (AvgIpc) is 3.13. The van der Waals surface area contributed by atoms with Crippen molar-refractivity contribution >= 4 is 0 Å². The van der Waals surface area contributed by atoms with Crippen molar-refractivity contribution in [1.29, 1.82) is 0 Å². The van der Waals surface area contributed by atoms with Crippen molar-refractivity contribution < 1.29 is 0 Å². The number of nitrogens with zero attached hydrogens (tertiary/aromatic N) is 1. The molecule has 0 aromatic heterocycles. The summed E-state index contributed by atoms with van der Waals surface area (Å²) in [7, 11) is 0. The Bertz CT molecular complexity index is 450. The van der Waals surface area contributed by atoms with Crippen LogP contribution < -0.4 is 5.32 Å². The van der Waals surface area contributed by atoms with Crippen LogP contribution in [0.1, 0.15) is 44.1 Å². The second-order valence-electron chi connectivity index (χ2n) is 7.48. The van der Waals surface area contributed by atoms with Crippen LogP contribution in [0.3, 0.4) is 0 Å². The molecule has 3 unspecified atom stereocenters. The van der Waals surface area contributed by atoms with Gasteiger partial charge in [-0.3, -0.25) is 4.90 Å². The summed E-state index contributed by atoms with van der Waals surface area (Å²) >= 11 is 0. The molecule has 2 aliphatic carbocycles. The third-order valence-electron chi connectivity index (χ3n) is 6.02. The first-order valence-electron chi connectivity index (χ1n) is 8.89. The van der Waals surface area contributed by atoms with E-state index >= 15 is 0 Å². The van der Waals surface area contributed by atoms with Gasteiger partial charge in [-0.1, -0.05) is 36.8 Å². The van der Waals surface area contributed by atoms with Gasteiger partial charge in [0.25, 0.3) is 0 Å². The third kappa shape index (κ3) is 3.17. The Kier molecular flexibility index (Phi) is 4.00. The van der Waals surface area contributed by atoms with E-state index in [1.807, 2.05) is 0 Å². The number of hydrogen-bond donors (Lipinski definition) is 1. The number of benzene rings is 1. The fourth-order valence-electron chi connectivity index (χ4n) is 4.85. The summed E-state index contributed by atoms with van der Waals surface area (Å²) in [6.07, 6.45) is 8.66. The number of piperidine rings is 1. The number of rotatable bonds is 4. The zero-order chi connectivity index (χ0) is 14.1. The van der Waals surface area contributed by atoms with Crippen LogP contribution in [-0.4, -0.2) is 30.1 Å². The van der Waals surface area contributed by atoms with Crippen molar-refractivity contribution in [3.63, 3.8) is 0 Å². The molecule has 1 aromatic carbocycles. The molecule has 1 N–H and O–H groups in total. The molecule has 1 heterocycles. The molecule has 3 aliphatic rings. The normalized spacial score (nSPS) is 33.6. The minimum atomic E-state index is 0.779. The van der Waals surface area contributed by atoms with Gasteiger partial charge in [0.1, 0.15) is 0 Å². The summed E-state index contributed by atoms with van der Waals surface area (Å²) in [5.41, 5.74) is 1.46. The Balaban J connectivity index is 1.23. The molecule has 2 heteroatoms. The van der Waals surface area contributed by atoms with Gasteiger partial charge in [0.2, 0.25) is 0 Å². The Morgan fingerprint density at radius 3 is 2.43 bits per heavy atom. The highest BCUT2D eigenvalue weighted by Gasteiger charge is 2.40. The Hall–Kier alpha value is -0.860. The molecular formula is C19H28N2. The molecule has 4 rings (SSSR count). The fraction of sp³-hybridized carbons (Fsp3) is 0.684. The SMILES string of the molecule is c1ccc(CN2CCC(NC3CC4CCC3C4)CC2)cc1. The number of nitrogens with one attached hydrogen (secondary N) is 1. The van der Waals surface area contributed by atoms with Crippen molar-refractivity contribution in [2.24, 2.45) is 11.8 Å². The topological polar surface area (TPSA) is 15.3 Å². The van der Waals surface area contributed by atoms with E-state index in [9.17, 15) is 0 Å². The quantitative estimate of drug-likeness (QED) is 0.911. The molecule has 2 bridgehead atoms. The molecule has 3 fully saturated rings. The lowest BCUT2D eigenvalue weighted by molar-refractivity contribution is 0.175. The lowest BCUT2D eigenvalue weighted by Gasteiger charge is -2.35. The van der Waals surface area contributed by atoms with Crippen LogP contribution in [0.15, 0.2) is 30.3 Å². The van der Waals surface area contributed by atoms with Gasteiger partial charge in [0.05, 0.1) is 0 Å². The summed E-state index contributed by atoms with van der Waals surface area (Å²) < 4.78 is 0. The van der Waals surface area contributed by atoms with E-state index in [-0.39, 0.29) is 0 Å². The molecule has 0 spiro atoms. The van der Waals surface area contributed by atoms with E-state index in [2.05, 4.69) is 40.5 Å². The van der Waals surface area contributed by atoms with Crippen molar-refractivity contribution in [2.75, 3.05) is 13.1 Å². The molecule has 1 aromatic rings. The molecule has 3 atom stereocenters. The largest absolute Gasteiger partial charge is 0.311 e. The van der Waals surface area contributed by atoms with Gasteiger partial charge in [-0.25, -0.2) is 0 Å².